The van der Waals surface area contributed by atoms with E-state index in [-0.39, 0.29) is 6.32 Å². The standard InChI is InChI=1S/C12H17BO2/c1-4-8-11(5-2)12(6-3)9-7-10-13(14)15/h4-9,14-15H,2-3,10H2,1H3/b8-4-,9-7-,12-11+. The van der Waals surface area contributed by atoms with E-state index in [0.29, 0.717) is 0 Å². The molecule has 0 aromatic heterocycles. The molecular formula is C12H17BO2. The maximum absolute atomic E-state index is 8.67. The van der Waals surface area contributed by atoms with E-state index in [1.807, 2.05) is 19.1 Å². The summed E-state index contributed by atoms with van der Waals surface area (Å²) in [5.41, 5.74) is 1.86. The molecule has 2 N–H and O–H groups in total. The van der Waals surface area contributed by atoms with Crippen LogP contribution in [0.2, 0.25) is 6.32 Å². The quantitative estimate of drug-likeness (QED) is 0.514. The van der Waals surface area contributed by atoms with Crippen LogP contribution in [0.3, 0.4) is 0 Å². The van der Waals surface area contributed by atoms with Crippen molar-refractivity contribution < 1.29 is 10.0 Å². The molecule has 0 aliphatic rings. The SMILES string of the molecule is C=CC(/C=C\C)=C(C=C)\C=C/CB(O)O. The van der Waals surface area contributed by atoms with Crippen molar-refractivity contribution in [2.75, 3.05) is 0 Å². The summed E-state index contributed by atoms with van der Waals surface area (Å²) < 4.78 is 0. The first kappa shape index (κ1) is 13.7. The van der Waals surface area contributed by atoms with Crippen molar-refractivity contribution >= 4 is 7.12 Å². The van der Waals surface area contributed by atoms with Gasteiger partial charge < -0.3 is 10.0 Å². The molecule has 0 aliphatic carbocycles. The first-order valence-corrected chi connectivity index (χ1v) is 4.80. The van der Waals surface area contributed by atoms with E-state index in [4.69, 9.17) is 10.0 Å². The lowest BCUT2D eigenvalue weighted by Gasteiger charge is -1.99. The zero-order valence-electron chi connectivity index (χ0n) is 9.06. The summed E-state index contributed by atoms with van der Waals surface area (Å²) in [5, 5.41) is 17.3. The first-order valence-electron chi connectivity index (χ1n) is 4.80. The van der Waals surface area contributed by atoms with Crippen LogP contribution in [0.5, 0.6) is 0 Å². The highest BCUT2D eigenvalue weighted by Gasteiger charge is 2.01. The van der Waals surface area contributed by atoms with Crippen molar-refractivity contribution in [1.29, 1.82) is 0 Å². The number of rotatable bonds is 6. The van der Waals surface area contributed by atoms with Gasteiger partial charge in [-0.25, -0.2) is 0 Å². The van der Waals surface area contributed by atoms with Crippen LogP contribution in [-0.2, 0) is 0 Å². The second-order valence-corrected chi connectivity index (χ2v) is 2.94. The van der Waals surface area contributed by atoms with Crippen molar-refractivity contribution in [2.45, 2.75) is 13.2 Å². The van der Waals surface area contributed by atoms with Crippen LogP contribution in [0, 0.1) is 0 Å². The Morgan fingerprint density at radius 3 is 2.07 bits per heavy atom. The highest BCUT2D eigenvalue weighted by Crippen LogP contribution is 2.11. The van der Waals surface area contributed by atoms with Gasteiger partial charge in [-0.15, -0.1) is 0 Å². The molecule has 0 rings (SSSR count). The molecule has 2 nitrogen and oxygen atoms in total. The lowest BCUT2D eigenvalue weighted by molar-refractivity contribution is 0.411. The lowest BCUT2D eigenvalue weighted by atomic mass is 9.86. The molecule has 80 valence electrons. The monoisotopic (exact) mass is 204 g/mol. The second-order valence-electron chi connectivity index (χ2n) is 2.94. The number of hydrogen-bond acceptors (Lipinski definition) is 2. The average Bonchev–Trinajstić information content (AvgIpc) is 2.21. The summed E-state index contributed by atoms with van der Waals surface area (Å²) in [4.78, 5) is 0. The van der Waals surface area contributed by atoms with Crippen LogP contribution in [-0.4, -0.2) is 17.2 Å². The van der Waals surface area contributed by atoms with Gasteiger partial charge in [-0.05, 0) is 18.1 Å². The normalized spacial score (nSPS) is 13.0. The zero-order chi connectivity index (χ0) is 11.7. The molecule has 0 radical (unpaired) electrons. The van der Waals surface area contributed by atoms with E-state index in [1.165, 1.54) is 0 Å². The van der Waals surface area contributed by atoms with E-state index < -0.39 is 7.12 Å². The van der Waals surface area contributed by atoms with Gasteiger partial charge in [0.25, 0.3) is 0 Å². The van der Waals surface area contributed by atoms with Gasteiger partial charge in [-0.1, -0.05) is 49.6 Å². The molecule has 0 fully saturated rings. The van der Waals surface area contributed by atoms with Crippen molar-refractivity contribution in [2.24, 2.45) is 0 Å². The lowest BCUT2D eigenvalue weighted by Crippen LogP contribution is -2.07. The van der Waals surface area contributed by atoms with Gasteiger partial charge in [-0.3, -0.25) is 0 Å². The molecule has 0 saturated heterocycles. The van der Waals surface area contributed by atoms with E-state index >= 15 is 0 Å². The molecule has 0 spiro atoms. The summed E-state index contributed by atoms with van der Waals surface area (Å²) in [7, 11) is -1.30. The molecule has 0 bridgehead atoms. The fraction of sp³-hybridized carbons (Fsp3) is 0.167. The Labute approximate surface area is 91.8 Å². The van der Waals surface area contributed by atoms with E-state index in [0.717, 1.165) is 11.1 Å². The third kappa shape index (κ3) is 5.89. The Balaban J connectivity index is 4.78. The third-order valence-corrected chi connectivity index (χ3v) is 1.76. The smallest absolute Gasteiger partial charge is 0.427 e. The number of allylic oxidation sites excluding steroid dienone is 8. The average molecular weight is 204 g/mol. The van der Waals surface area contributed by atoms with Gasteiger partial charge >= 0.3 is 7.12 Å². The van der Waals surface area contributed by atoms with E-state index in [1.54, 1.807) is 24.3 Å². The second kappa shape index (κ2) is 8.03. The van der Waals surface area contributed by atoms with Crippen LogP contribution in [0.1, 0.15) is 6.92 Å². The van der Waals surface area contributed by atoms with Gasteiger partial charge in [0, 0.05) is 6.32 Å². The Morgan fingerprint density at radius 1 is 1.13 bits per heavy atom. The first-order chi connectivity index (χ1) is 7.15. The molecule has 0 heterocycles. The number of hydrogen-bond donors (Lipinski definition) is 2. The molecule has 0 unspecified atom stereocenters. The Bertz CT molecular complexity index is 299. The molecule has 3 heteroatoms. The molecule has 15 heavy (non-hydrogen) atoms. The summed E-state index contributed by atoms with van der Waals surface area (Å²) >= 11 is 0. The minimum absolute atomic E-state index is 0.206. The van der Waals surface area contributed by atoms with E-state index in [2.05, 4.69) is 13.2 Å². The van der Waals surface area contributed by atoms with Crippen molar-refractivity contribution in [3.63, 3.8) is 0 Å². The van der Waals surface area contributed by atoms with Gasteiger partial charge in [0.1, 0.15) is 0 Å². The van der Waals surface area contributed by atoms with E-state index in [9.17, 15) is 0 Å². The Morgan fingerprint density at radius 2 is 1.67 bits per heavy atom. The summed E-state index contributed by atoms with van der Waals surface area (Å²) in [6.07, 6.45) is 11.0. The highest BCUT2D eigenvalue weighted by molar-refractivity contribution is 6.41. The minimum atomic E-state index is -1.30. The van der Waals surface area contributed by atoms with Gasteiger partial charge in [0.15, 0.2) is 0 Å². The predicted octanol–water partition coefficient (Wildman–Crippen LogP) is 2.26. The molecule has 0 amide bonds. The van der Waals surface area contributed by atoms with Crippen LogP contribution in [0.25, 0.3) is 0 Å². The van der Waals surface area contributed by atoms with Crippen molar-refractivity contribution in [1.82, 2.24) is 0 Å². The van der Waals surface area contributed by atoms with Gasteiger partial charge in [0.05, 0.1) is 0 Å². The maximum atomic E-state index is 8.67. The van der Waals surface area contributed by atoms with Crippen LogP contribution in [0.15, 0.2) is 60.8 Å². The Kier molecular flexibility index (Phi) is 7.33. The van der Waals surface area contributed by atoms with Crippen LogP contribution < -0.4 is 0 Å². The van der Waals surface area contributed by atoms with Crippen molar-refractivity contribution in [3.05, 3.63) is 60.8 Å². The van der Waals surface area contributed by atoms with Gasteiger partial charge in [-0.2, -0.15) is 0 Å². The largest absolute Gasteiger partial charge is 0.455 e. The summed E-state index contributed by atoms with van der Waals surface area (Å²) in [6.45, 7) is 9.32. The molecule has 0 atom stereocenters. The predicted molar refractivity (Wildman–Crippen MR) is 66.4 cm³/mol. The van der Waals surface area contributed by atoms with Crippen LogP contribution in [0.4, 0.5) is 0 Å². The maximum Gasteiger partial charge on any atom is 0.455 e. The molecule has 0 saturated carbocycles. The zero-order valence-corrected chi connectivity index (χ0v) is 9.06. The third-order valence-electron chi connectivity index (χ3n) is 1.76. The topological polar surface area (TPSA) is 40.5 Å². The Hall–Kier alpha value is -1.32. The highest BCUT2D eigenvalue weighted by atomic mass is 16.4. The van der Waals surface area contributed by atoms with Crippen molar-refractivity contribution in [3.8, 4) is 0 Å². The summed E-state index contributed by atoms with van der Waals surface area (Å²) in [6, 6.07) is 0. The van der Waals surface area contributed by atoms with Crippen LogP contribution >= 0.6 is 0 Å². The molecule has 0 aliphatic heterocycles. The molecular weight excluding hydrogens is 187 g/mol. The fourth-order valence-corrected chi connectivity index (χ4v) is 1.06. The molecule has 0 aromatic carbocycles. The van der Waals surface area contributed by atoms with Gasteiger partial charge in [0.2, 0.25) is 0 Å². The summed E-state index contributed by atoms with van der Waals surface area (Å²) in [5.74, 6) is 0. The minimum Gasteiger partial charge on any atom is -0.427 e. The fourth-order valence-electron chi connectivity index (χ4n) is 1.06. The molecule has 0 aromatic rings.